The summed E-state index contributed by atoms with van der Waals surface area (Å²) in [6.07, 6.45) is 0.124. The smallest absolute Gasteiger partial charge is 0.244 e. The summed E-state index contributed by atoms with van der Waals surface area (Å²) in [7, 11) is 0. The monoisotopic (exact) mass is 427 g/mol. The molecule has 0 radical (unpaired) electrons. The summed E-state index contributed by atoms with van der Waals surface area (Å²) in [6.45, 7) is 0.900. The van der Waals surface area contributed by atoms with Crippen LogP contribution in [0.25, 0.3) is 0 Å². The van der Waals surface area contributed by atoms with Gasteiger partial charge in [-0.3, -0.25) is 14.4 Å². The first-order chi connectivity index (χ1) is 15.6. The molecule has 1 aliphatic heterocycles. The highest BCUT2D eigenvalue weighted by molar-refractivity contribution is 6.10. The number of carbonyl (C=O) groups is 3. The molecule has 3 aromatic rings. The topological polar surface area (TPSA) is 69.7 Å². The summed E-state index contributed by atoms with van der Waals surface area (Å²) in [5, 5.41) is 2.77. The van der Waals surface area contributed by atoms with Gasteiger partial charge in [-0.15, -0.1) is 0 Å². The first-order valence-electron chi connectivity index (χ1n) is 10.6. The molecular weight excluding hydrogens is 402 g/mol. The second-order valence-corrected chi connectivity index (χ2v) is 7.77. The van der Waals surface area contributed by atoms with Gasteiger partial charge in [0.25, 0.3) is 0 Å². The number of hydrogen-bond acceptors (Lipinski definition) is 3. The second-order valence-electron chi connectivity index (χ2n) is 7.77. The number of amides is 3. The van der Waals surface area contributed by atoms with Crippen molar-refractivity contribution in [1.29, 1.82) is 0 Å². The second kappa shape index (κ2) is 9.92. The van der Waals surface area contributed by atoms with Crippen molar-refractivity contribution in [3.05, 3.63) is 96.1 Å². The van der Waals surface area contributed by atoms with Crippen molar-refractivity contribution in [3.63, 3.8) is 0 Å². The van der Waals surface area contributed by atoms with Crippen molar-refractivity contribution in [2.75, 3.05) is 16.8 Å². The minimum atomic E-state index is -0.238. The molecule has 1 heterocycles. The standard InChI is InChI=1S/C26H25N3O3/c30-24-19-29(23-14-8-7-13-22(23)27-24)26(32)16-15-25(31)28(17-20-9-3-1-4-10-20)18-21-11-5-2-6-12-21/h1-14H,15-19H2,(H,27,30). The van der Waals surface area contributed by atoms with Crippen LogP contribution in [-0.4, -0.2) is 29.2 Å². The van der Waals surface area contributed by atoms with Crippen LogP contribution in [0.4, 0.5) is 11.4 Å². The van der Waals surface area contributed by atoms with Gasteiger partial charge in [-0.1, -0.05) is 72.8 Å². The Labute approximate surface area is 187 Å². The SMILES string of the molecule is O=C1CN(C(=O)CCC(=O)N(Cc2ccccc2)Cc2ccccc2)c2ccccc2N1. The van der Waals surface area contributed by atoms with Crippen LogP contribution in [0.2, 0.25) is 0 Å². The number of rotatable bonds is 7. The van der Waals surface area contributed by atoms with Crippen LogP contribution in [0.3, 0.4) is 0 Å². The number of carbonyl (C=O) groups excluding carboxylic acids is 3. The molecule has 0 bridgehead atoms. The lowest BCUT2D eigenvalue weighted by Crippen LogP contribution is -2.42. The van der Waals surface area contributed by atoms with E-state index in [0.29, 0.717) is 24.5 Å². The van der Waals surface area contributed by atoms with Crippen LogP contribution in [-0.2, 0) is 27.5 Å². The van der Waals surface area contributed by atoms with Crippen molar-refractivity contribution in [1.82, 2.24) is 4.90 Å². The van der Waals surface area contributed by atoms with Crippen molar-refractivity contribution in [3.8, 4) is 0 Å². The van der Waals surface area contributed by atoms with Gasteiger partial charge in [0.05, 0.1) is 11.4 Å². The molecule has 0 saturated carbocycles. The van der Waals surface area contributed by atoms with Gasteiger partial charge in [0.15, 0.2) is 0 Å². The van der Waals surface area contributed by atoms with Gasteiger partial charge in [0, 0.05) is 25.9 Å². The van der Waals surface area contributed by atoms with Crippen LogP contribution in [0.15, 0.2) is 84.9 Å². The highest BCUT2D eigenvalue weighted by atomic mass is 16.2. The maximum Gasteiger partial charge on any atom is 0.244 e. The Hall–Kier alpha value is -3.93. The van der Waals surface area contributed by atoms with Crippen molar-refractivity contribution in [2.45, 2.75) is 25.9 Å². The molecule has 0 aromatic heterocycles. The Balaban J connectivity index is 1.45. The molecule has 1 aliphatic rings. The number of para-hydroxylation sites is 2. The van der Waals surface area contributed by atoms with Crippen molar-refractivity contribution < 1.29 is 14.4 Å². The normalized spacial score (nSPS) is 12.6. The summed E-state index contributed by atoms with van der Waals surface area (Å²) in [4.78, 5) is 41.3. The number of fused-ring (bicyclic) bond motifs is 1. The Bertz CT molecular complexity index is 1060. The zero-order valence-corrected chi connectivity index (χ0v) is 17.7. The summed E-state index contributed by atoms with van der Waals surface area (Å²) in [5.41, 5.74) is 3.34. The maximum absolute atomic E-state index is 13.1. The molecule has 162 valence electrons. The molecule has 0 fully saturated rings. The van der Waals surface area contributed by atoms with E-state index in [1.807, 2.05) is 72.8 Å². The number of nitrogens with zero attached hydrogens (tertiary/aromatic N) is 2. The van der Waals surface area contributed by atoms with Gasteiger partial charge >= 0.3 is 0 Å². The summed E-state index contributed by atoms with van der Waals surface area (Å²) >= 11 is 0. The first-order valence-corrected chi connectivity index (χ1v) is 10.6. The summed E-state index contributed by atoms with van der Waals surface area (Å²) in [5.74, 6) is -0.570. The number of benzene rings is 3. The van der Waals surface area contributed by atoms with E-state index in [1.54, 1.807) is 17.0 Å². The Morgan fingerprint density at radius 3 is 1.97 bits per heavy atom. The first kappa shape index (κ1) is 21.3. The van der Waals surface area contributed by atoms with E-state index < -0.39 is 0 Å². The minimum absolute atomic E-state index is 0.0399. The maximum atomic E-state index is 13.1. The molecule has 6 nitrogen and oxygen atoms in total. The molecular formula is C26H25N3O3. The van der Waals surface area contributed by atoms with E-state index in [1.165, 1.54) is 4.90 Å². The molecule has 0 atom stereocenters. The summed E-state index contributed by atoms with van der Waals surface area (Å²) in [6, 6.07) is 26.8. The lowest BCUT2D eigenvalue weighted by Gasteiger charge is -2.29. The van der Waals surface area contributed by atoms with Gasteiger partial charge in [0.1, 0.15) is 6.54 Å². The fourth-order valence-electron chi connectivity index (χ4n) is 3.80. The van der Waals surface area contributed by atoms with E-state index in [4.69, 9.17) is 0 Å². The van der Waals surface area contributed by atoms with Crippen molar-refractivity contribution in [2.24, 2.45) is 0 Å². The van der Waals surface area contributed by atoms with E-state index in [-0.39, 0.29) is 37.1 Å². The third kappa shape index (κ3) is 5.21. The molecule has 0 aliphatic carbocycles. The molecule has 0 spiro atoms. The van der Waals surface area contributed by atoms with E-state index in [9.17, 15) is 14.4 Å². The highest BCUT2D eigenvalue weighted by Gasteiger charge is 2.27. The Morgan fingerprint density at radius 2 is 1.34 bits per heavy atom. The average Bonchev–Trinajstić information content (AvgIpc) is 2.82. The minimum Gasteiger partial charge on any atom is -0.334 e. The molecule has 0 unspecified atom stereocenters. The van der Waals surface area contributed by atoms with Crippen LogP contribution in [0, 0.1) is 0 Å². The lowest BCUT2D eigenvalue weighted by atomic mass is 10.1. The zero-order valence-electron chi connectivity index (χ0n) is 17.7. The van der Waals surface area contributed by atoms with Gasteiger partial charge in [-0.2, -0.15) is 0 Å². The molecule has 3 amide bonds. The zero-order chi connectivity index (χ0) is 22.3. The van der Waals surface area contributed by atoms with Gasteiger partial charge in [-0.25, -0.2) is 0 Å². The summed E-state index contributed by atoms with van der Waals surface area (Å²) < 4.78 is 0. The molecule has 0 saturated heterocycles. The predicted molar refractivity (Wildman–Crippen MR) is 124 cm³/mol. The number of hydrogen-bond donors (Lipinski definition) is 1. The van der Waals surface area contributed by atoms with Crippen LogP contribution >= 0.6 is 0 Å². The lowest BCUT2D eigenvalue weighted by molar-refractivity contribution is -0.134. The molecule has 1 N–H and O–H groups in total. The average molecular weight is 428 g/mol. The van der Waals surface area contributed by atoms with Crippen molar-refractivity contribution >= 4 is 29.1 Å². The quantitative estimate of drug-likeness (QED) is 0.620. The van der Waals surface area contributed by atoms with E-state index in [2.05, 4.69) is 5.32 Å². The van der Waals surface area contributed by atoms with Crippen LogP contribution in [0.1, 0.15) is 24.0 Å². The number of anilines is 2. The molecule has 4 rings (SSSR count). The molecule has 3 aromatic carbocycles. The van der Waals surface area contributed by atoms with Gasteiger partial charge in [0.2, 0.25) is 17.7 Å². The third-order valence-corrected chi connectivity index (χ3v) is 5.41. The fraction of sp³-hybridized carbons (Fsp3) is 0.192. The van der Waals surface area contributed by atoms with E-state index in [0.717, 1.165) is 11.1 Å². The highest BCUT2D eigenvalue weighted by Crippen LogP contribution is 2.29. The number of nitrogens with one attached hydrogen (secondary N) is 1. The Morgan fingerprint density at radius 1 is 0.781 bits per heavy atom. The Kier molecular flexibility index (Phi) is 6.60. The van der Waals surface area contributed by atoms with Crippen LogP contribution in [0.5, 0.6) is 0 Å². The van der Waals surface area contributed by atoms with E-state index >= 15 is 0 Å². The molecule has 6 heteroatoms. The predicted octanol–water partition coefficient (Wildman–Crippen LogP) is 3.98. The fourth-order valence-corrected chi connectivity index (χ4v) is 3.80. The van der Waals surface area contributed by atoms with Gasteiger partial charge < -0.3 is 15.1 Å². The third-order valence-electron chi connectivity index (χ3n) is 5.41. The molecule has 32 heavy (non-hydrogen) atoms. The van der Waals surface area contributed by atoms with Crippen LogP contribution < -0.4 is 10.2 Å². The largest absolute Gasteiger partial charge is 0.334 e. The van der Waals surface area contributed by atoms with Gasteiger partial charge in [-0.05, 0) is 23.3 Å².